The van der Waals surface area contributed by atoms with Crippen LogP contribution < -0.4 is 0 Å². The third kappa shape index (κ3) is 3.33. The van der Waals surface area contributed by atoms with Crippen LogP contribution in [0.4, 0.5) is 0 Å². The molecule has 1 rings (SSSR count). The summed E-state index contributed by atoms with van der Waals surface area (Å²) in [5.41, 5.74) is 1.53. The van der Waals surface area contributed by atoms with Crippen LogP contribution in [0.2, 0.25) is 0 Å². The van der Waals surface area contributed by atoms with Crippen LogP contribution in [0.5, 0.6) is 0 Å². The maximum atomic E-state index is 11.4. The number of hydrogen-bond acceptors (Lipinski definition) is 1. The van der Waals surface area contributed by atoms with E-state index in [2.05, 4.69) is 27.7 Å². The van der Waals surface area contributed by atoms with Gasteiger partial charge in [0.25, 0.3) is 0 Å². The highest BCUT2D eigenvalue weighted by atomic mass is 16.1. The van der Waals surface area contributed by atoms with Crippen molar-refractivity contribution >= 4 is 5.78 Å². The maximum Gasteiger partial charge on any atom is 0.156 e. The van der Waals surface area contributed by atoms with Crippen molar-refractivity contribution in [2.45, 2.75) is 47.0 Å². The van der Waals surface area contributed by atoms with E-state index in [0.717, 1.165) is 12.8 Å². The van der Waals surface area contributed by atoms with Crippen LogP contribution in [0, 0.1) is 11.3 Å². The Morgan fingerprint density at radius 3 is 2.46 bits per heavy atom. The van der Waals surface area contributed by atoms with Crippen molar-refractivity contribution in [3.8, 4) is 0 Å². The normalized spacial score (nSPS) is 21.9. The molecule has 0 saturated carbocycles. The number of hydrogen-bond donors (Lipinski definition) is 0. The molecule has 0 aromatic heterocycles. The summed E-state index contributed by atoms with van der Waals surface area (Å²) in [7, 11) is 0. The van der Waals surface area contributed by atoms with E-state index in [0.29, 0.717) is 18.1 Å². The van der Waals surface area contributed by atoms with Crippen LogP contribution >= 0.6 is 0 Å². The summed E-state index contributed by atoms with van der Waals surface area (Å²) in [6.07, 6.45) is 4.76. The van der Waals surface area contributed by atoms with E-state index < -0.39 is 0 Å². The fourth-order valence-corrected chi connectivity index (χ4v) is 2.13. The molecule has 0 fully saturated rings. The summed E-state index contributed by atoms with van der Waals surface area (Å²) in [4.78, 5) is 11.4. The van der Waals surface area contributed by atoms with Gasteiger partial charge in [-0.2, -0.15) is 0 Å². The zero-order valence-corrected chi connectivity index (χ0v) is 9.18. The van der Waals surface area contributed by atoms with Crippen LogP contribution in [-0.2, 0) is 4.79 Å². The second-order valence-electron chi connectivity index (χ2n) is 5.38. The molecule has 1 aliphatic rings. The molecular formula is C12H20O. The molecule has 1 heteroatoms. The van der Waals surface area contributed by atoms with Crippen LogP contribution in [0.25, 0.3) is 0 Å². The molecule has 0 unspecified atom stereocenters. The van der Waals surface area contributed by atoms with Gasteiger partial charge >= 0.3 is 0 Å². The molecule has 0 atom stereocenters. The van der Waals surface area contributed by atoms with E-state index in [1.165, 1.54) is 5.57 Å². The van der Waals surface area contributed by atoms with Gasteiger partial charge in [0.05, 0.1) is 0 Å². The van der Waals surface area contributed by atoms with E-state index in [1.54, 1.807) is 0 Å². The Morgan fingerprint density at radius 1 is 1.38 bits per heavy atom. The van der Waals surface area contributed by atoms with Gasteiger partial charge in [0.15, 0.2) is 5.78 Å². The van der Waals surface area contributed by atoms with Crippen LogP contribution in [-0.4, -0.2) is 5.78 Å². The Kier molecular flexibility index (Phi) is 2.94. The van der Waals surface area contributed by atoms with Crippen molar-refractivity contribution in [1.29, 1.82) is 0 Å². The fraction of sp³-hybridized carbons (Fsp3) is 0.750. The highest BCUT2D eigenvalue weighted by Crippen LogP contribution is 2.35. The Labute approximate surface area is 81.2 Å². The molecule has 0 saturated heterocycles. The standard InChI is InChI=1S/C12H20O/c1-9(2)5-10-6-11(13)8-12(3,4)7-10/h6,9H,5,7-8H2,1-4H3. The van der Waals surface area contributed by atoms with E-state index in [9.17, 15) is 4.79 Å². The topological polar surface area (TPSA) is 17.1 Å². The first-order valence-corrected chi connectivity index (χ1v) is 5.11. The smallest absolute Gasteiger partial charge is 0.156 e. The second kappa shape index (κ2) is 3.65. The van der Waals surface area contributed by atoms with E-state index >= 15 is 0 Å². The minimum absolute atomic E-state index is 0.191. The zero-order chi connectivity index (χ0) is 10.1. The average molecular weight is 180 g/mol. The molecule has 13 heavy (non-hydrogen) atoms. The van der Waals surface area contributed by atoms with Crippen molar-refractivity contribution < 1.29 is 4.79 Å². The molecule has 0 aromatic carbocycles. The SMILES string of the molecule is CC(C)CC1=CC(=O)CC(C)(C)C1. The zero-order valence-electron chi connectivity index (χ0n) is 9.18. The minimum Gasteiger partial charge on any atom is -0.295 e. The van der Waals surface area contributed by atoms with Gasteiger partial charge in [0.2, 0.25) is 0 Å². The molecule has 0 bridgehead atoms. The van der Waals surface area contributed by atoms with Gasteiger partial charge in [0, 0.05) is 6.42 Å². The molecule has 0 aliphatic heterocycles. The van der Waals surface area contributed by atoms with Crippen molar-refractivity contribution in [3.05, 3.63) is 11.6 Å². The first-order chi connectivity index (χ1) is 5.89. The second-order valence-corrected chi connectivity index (χ2v) is 5.38. The largest absolute Gasteiger partial charge is 0.295 e. The maximum absolute atomic E-state index is 11.4. The lowest BCUT2D eigenvalue weighted by Crippen LogP contribution is -2.22. The molecular weight excluding hydrogens is 160 g/mol. The Morgan fingerprint density at radius 2 is 2.00 bits per heavy atom. The van der Waals surface area contributed by atoms with Gasteiger partial charge in [-0.05, 0) is 30.3 Å². The van der Waals surface area contributed by atoms with Gasteiger partial charge in [-0.15, -0.1) is 0 Å². The first-order valence-electron chi connectivity index (χ1n) is 5.11. The lowest BCUT2D eigenvalue weighted by molar-refractivity contribution is -0.117. The number of carbonyl (C=O) groups excluding carboxylic acids is 1. The van der Waals surface area contributed by atoms with Crippen LogP contribution in [0.15, 0.2) is 11.6 Å². The summed E-state index contributed by atoms with van der Waals surface area (Å²) in [5.74, 6) is 0.972. The van der Waals surface area contributed by atoms with Gasteiger partial charge in [-0.3, -0.25) is 4.79 Å². The first kappa shape index (κ1) is 10.5. The van der Waals surface area contributed by atoms with Crippen molar-refractivity contribution in [2.24, 2.45) is 11.3 Å². The average Bonchev–Trinajstić information content (AvgIpc) is 1.78. The van der Waals surface area contributed by atoms with E-state index in [-0.39, 0.29) is 5.41 Å². The summed E-state index contributed by atoms with van der Waals surface area (Å²) >= 11 is 0. The predicted octanol–water partition coefficient (Wildman–Crippen LogP) is 3.35. The minimum atomic E-state index is 0.191. The van der Waals surface area contributed by atoms with Gasteiger partial charge in [-0.1, -0.05) is 33.3 Å². The highest BCUT2D eigenvalue weighted by molar-refractivity contribution is 5.91. The highest BCUT2D eigenvalue weighted by Gasteiger charge is 2.27. The summed E-state index contributed by atoms with van der Waals surface area (Å²) in [6.45, 7) is 8.76. The Hall–Kier alpha value is -0.590. The van der Waals surface area contributed by atoms with Crippen LogP contribution in [0.3, 0.4) is 0 Å². The molecule has 0 aromatic rings. The van der Waals surface area contributed by atoms with Crippen LogP contribution in [0.1, 0.15) is 47.0 Å². The van der Waals surface area contributed by atoms with Gasteiger partial charge in [-0.25, -0.2) is 0 Å². The quantitative estimate of drug-likeness (QED) is 0.637. The van der Waals surface area contributed by atoms with E-state index in [4.69, 9.17) is 0 Å². The summed E-state index contributed by atoms with van der Waals surface area (Å²) in [5, 5.41) is 0. The molecule has 0 radical (unpaired) electrons. The molecule has 0 spiro atoms. The summed E-state index contributed by atoms with van der Waals surface area (Å²) < 4.78 is 0. The fourth-order valence-electron chi connectivity index (χ4n) is 2.13. The van der Waals surface area contributed by atoms with Gasteiger partial charge in [0.1, 0.15) is 0 Å². The van der Waals surface area contributed by atoms with Crippen molar-refractivity contribution in [2.75, 3.05) is 0 Å². The van der Waals surface area contributed by atoms with Crippen molar-refractivity contribution in [1.82, 2.24) is 0 Å². The Bertz CT molecular complexity index is 234. The number of carbonyl (C=O) groups is 1. The molecule has 0 amide bonds. The molecule has 0 N–H and O–H groups in total. The molecule has 1 nitrogen and oxygen atoms in total. The number of allylic oxidation sites excluding steroid dienone is 2. The van der Waals surface area contributed by atoms with E-state index in [1.807, 2.05) is 6.08 Å². The van der Waals surface area contributed by atoms with Gasteiger partial charge < -0.3 is 0 Å². The number of ketones is 1. The molecule has 74 valence electrons. The molecule has 1 aliphatic carbocycles. The number of rotatable bonds is 2. The third-order valence-electron chi connectivity index (χ3n) is 2.39. The third-order valence-corrected chi connectivity index (χ3v) is 2.39. The lowest BCUT2D eigenvalue weighted by Gasteiger charge is -2.29. The predicted molar refractivity (Wildman–Crippen MR) is 55.6 cm³/mol. The summed E-state index contributed by atoms with van der Waals surface area (Å²) in [6, 6.07) is 0. The molecule has 0 heterocycles. The van der Waals surface area contributed by atoms with Crippen molar-refractivity contribution in [3.63, 3.8) is 0 Å². The monoisotopic (exact) mass is 180 g/mol. The lowest BCUT2D eigenvalue weighted by atomic mass is 9.75. The Balaban J connectivity index is 2.70.